The van der Waals surface area contributed by atoms with Crippen LogP contribution in [0.25, 0.3) is 0 Å². The van der Waals surface area contributed by atoms with Crippen molar-refractivity contribution in [2.75, 3.05) is 32.9 Å². The van der Waals surface area contributed by atoms with E-state index in [0.29, 0.717) is 0 Å². The third-order valence-corrected chi connectivity index (χ3v) is 3.98. The molecule has 132 valence electrons. The van der Waals surface area contributed by atoms with E-state index in [1.807, 2.05) is 54.6 Å². The van der Waals surface area contributed by atoms with Gasteiger partial charge in [0.2, 0.25) is 0 Å². The average molecular weight is 373 g/mol. The van der Waals surface area contributed by atoms with Gasteiger partial charge >= 0.3 is 0 Å². The van der Waals surface area contributed by atoms with Crippen molar-refractivity contribution in [1.29, 1.82) is 0 Å². The number of hydrogen-bond donors (Lipinski definition) is 1. The van der Waals surface area contributed by atoms with Crippen molar-refractivity contribution in [1.82, 2.24) is 10.2 Å². The Morgan fingerprint density at radius 2 is 1.50 bits per heavy atom. The van der Waals surface area contributed by atoms with Gasteiger partial charge in [0.05, 0.1) is 6.04 Å². The molecule has 24 heavy (non-hydrogen) atoms. The smallest absolute Gasteiger partial charge is 0.127 e. The van der Waals surface area contributed by atoms with E-state index in [0.717, 1.165) is 43.2 Å². The molecular formula is C18H23Cl2FN2O. The maximum Gasteiger partial charge on any atom is 0.127 e. The molecule has 1 heterocycles. The Labute approximate surface area is 155 Å². The van der Waals surface area contributed by atoms with Gasteiger partial charge < -0.3 is 10.1 Å². The SMILES string of the molecule is Cl.Cl.FC[C@@H](c1ccc(Oc2ccccc2)cc1)N1CCNCC1. The maximum absolute atomic E-state index is 13.5. The molecule has 0 aromatic heterocycles. The largest absolute Gasteiger partial charge is 0.457 e. The Balaban J connectivity index is 0.00000144. The summed E-state index contributed by atoms with van der Waals surface area (Å²) in [7, 11) is 0. The number of rotatable bonds is 5. The van der Waals surface area contributed by atoms with Gasteiger partial charge in [-0.3, -0.25) is 4.90 Å². The summed E-state index contributed by atoms with van der Waals surface area (Å²) >= 11 is 0. The number of piperazine rings is 1. The van der Waals surface area contributed by atoms with E-state index in [-0.39, 0.29) is 37.5 Å². The molecule has 1 aliphatic heterocycles. The second kappa shape index (κ2) is 10.5. The topological polar surface area (TPSA) is 24.5 Å². The zero-order chi connectivity index (χ0) is 15.2. The molecule has 1 saturated heterocycles. The van der Waals surface area contributed by atoms with Crippen LogP contribution in [0, 0.1) is 0 Å². The molecule has 1 N–H and O–H groups in total. The Hall–Kier alpha value is -1.33. The number of alkyl halides is 1. The summed E-state index contributed by atoms with van der Waals surface area (Å²) in [5.41, 5.74) is 1.00. The Morgan fingerprint density at radius 1 is 0.917 bits per heavy atom. The maximum atomic E-state index is 13.5. The van der Waals surface area contributed by atoms with Gasteiger partial charge in [-0.05, 0) is 29.8 Å². The van der Waals surface area contributed by atoms with Crippen LogP contribution in [0.3, 0.4) is 0 Å². The number of halogens is 3. The summed E-state index contributed by atoms with van der Waals surface area (Å²) in [5, 5.41) is 3.30. The highest BCUT2D eigenvalue weighted by atomic mass is 35.5. The van der Waals surface area contributed by atoms with E-state index >= 15 is 0 Å². The van der Waals surface area contributed by atoms with Crippen LogP contribution in [-0.2, 0) is 0 Å². The lowest BCUT2D eigenvalue weighted by Crippen LogP contribution is -2.45. The molecule has 0 aliphatic carbocycles. The van der Waals surface area contributed by atoms with Crippen LogP contribution in [-0.4, -0.2) is 37.8 Å². The van der Waals surface area contributed by atoms with E-state index in [9.17, 15) is 4.39 Å². The monoisotopic (exact) mass is 372 g/mol. The molecule has 2 aromatic carbocycles. The van der Waals surface area contributed by atoms with Crippen molar-refractivity contribution in [3.63, 3.8) is 0 Å². The molecule has 3 rings (SSSR count). The minimum absolute atomic E-state index is 0. The molecule has 0 unspecified atom stereocenters. The first-order valence-corrected chi connectivity index (χ1v) is 7.70. The summed E-state index contributed by atoms with van der Waals surface area (Å²) in [6.07, 6.45) is 0. The molecule has 3 nitrogen and oxygen atoms in total. The zero-order valence-corrected chi connectivity index (χ0v) is 15.0. The average Bonchev–Trinajstić information content (AvgIpc) is 2.59. The first-order valence-electron chi connectivity index (χ1n) is 7.70. The Bertz CT molecular complexity index is 577. The van der Waals surface area contributed by atoms with E-state index in [1.165, 1.54) is 0 Å². The van der Waals surface area contributed by atoms with Gasteiger partial charge in [-0.2, -0.15) is 0 Å². The second-order valence-corrected chi connectivity index (χ2v) is 5.44. The molecule has 2 aromatic rings. The van der Waals surface area contributed by atoms with Crippen LogP contribution in [0.1, 0.15) is 11.6 Å². The lowest BCUT2D eigenvalue weighted by atomic mass is 10.1. The van der Waals surface area contributed by atoms with Crippen LogP contribution in [0.4, 0.5) is 4.39 Å². The number of nitrogens with one attached hydrogen (secondary N) is 1. The summed E-state index contributed by atoms with van der Waals surface area (Å²) in [4.78, 5) is 2.20. The van der Waals surface area contributed by atoms with Crippen LogP contribution in [0.2, 0.25) is 0 Å². The normalized spacial score (nSPS) is 15.7. The molecule has 0 spiro atoms. The standard InChI is InChI=1S/C18H21FN2O.2ClH/c19-14-18(21-12-10-20-11-13-21)15-6-8-17(9-7-15)22-16-4-2-1-3-5-16;;/h1-9,18,20H,10-14H2;2*1H/t18-;;/m0../s1. The van der Waals surface area contributed by atoms with Crippen molar-refractivity contribution in [3.8, 4) is 11.5 Å². The first-order chi connectivity index (χ1) is 10.9. The van der Waals surface area contributed by atoms with E-state index in [4.69, 9.17) is 4.74 Å². The summed E-state index contributed by atoms with van der Waals surface area (Å²) in [6, 6.07) is 17.2. The van der Waals surface area contributed by atoms with Gasteiger partial charge in [0.1, 0.15) is 18.2 Å². The van der Waals surface area contributed by atoms with Gasteiger partial charge in [0.25, 0.3) is 0 Å². The van der Waals surface area contributed by atoms with Gasteiger partial charge in [-0.15, -0.1) is 24.8 Å². The fraction of sp³-hybridized carbons (Fsp3) is 0.333. The summed E-state index contributed by atoms with van der Waals surface area (Å²) < 4.78 is 19.3. The predicted octanol–water partition coefficient (Wildman–Crippen LogP) is 4.24. The molecule has 1 atom stereocenters. The minimum Gasteiger partial charge on any atom is -0.457 e. The lowest BCUT2D eigenvalue weighted by molar-refractivity contribution is 0.147. The lowest BCUT2D eigenvalue weighted by Gasteiger charge is -2.33. The highest BCUT2D eigenvalue weighted by molar-refractivity contribution is 5.85. The fourth-order valence-corrected chi connectivity index (χ4v) is 2.77. The van der Waals surface area contributed by atoms with Gasteiger partial charge in [-0.1, -0.05) is 30.3 Å². The predicted molar refractivity (Wildman–Crippen MR) is 101 cm³/mol. The Morgan fingerprint density at radius 3 is 2.08 bits per heavy atom. The van der Waals surface area contributed by atoms with Crippen molar-refractivity contribution in [2.45, 2.75) is 6.04 Å². The van der Waals surface area contributed by atoms with Crippen LogP contribution >= 0.6 is 24.8 Å². The molecule has 0 amide bonds. The molecule has 0 saturated carbocycles. The third kappa shape index (κ3) is 5.35. The van der Waals surface area contributed by atoms with Crippen LogP contribution in [0.15, 0.2) is 54.6 Å². The Kier molecular flexibility index (Phi) is 9.08. The van der Waals surface area contributed by atoms with Gasteiger partial charge in [0.15, 0.2) is 0 Å². The van der Waals surface area contributed by atoms with Crippen molar-refractivity contribution < 1.29 is 9.13 Å². The summed E-state index contributed by atoms with van der Waals surface area (Å²) in [6.45, 7) is 3.25. The van der Waals surface area contributed by atoms with E-state index < -0.39 is 0 Å². The molecular weight excluding hydrogens is 350 g/mol. The van der Waals surface area contributed by atoms with Crippen molar-refractivity contribution in [2.24, 2.45) is 0 Å². The highest BCUT2D eigenvalue weighted by Crippen LogP contribution is 2.26. The van der Waals surface area contributed by atoms with Crippen LogP contribution < -0.4 is 10.1 Å². The van der Waals surface area contributed by atoms with Gasteiger partial charge in [0, 0.05) is 26.2 Å². The minimum atomic E-state index is -0.362. The zero-order valence-electron chi connectivity index (χ0n) is 13.4. The van der Waals surface area contributed by atoms with E-state index in [1.54, 1.807) is 0 Å². The molecule has 1 fully saturated rings. The first kappa shape index (κ1) is 20.7. The quantitative estimate of drug-likeness (QED) is 0.849. The highest BCUT2D eigenvalue weighted by Gasteiger charge is 2.21. The summed E-state index contributed by atoms with van der Waals surface area (Å²) in [5.74, 6) is 1.58. The van der Waals surface area contributed by atoms with Crippen LogP contribution in [0.5, 0.6) is 11.5 Å². The molecule has 0 radical (unpaired) electrons. The number of benzene rings is 2. The second-order valence-electron chi connectivity index (χ2n) is 5.44. The number of para-hydroxylation sites is 1. The third-order valence-electron chi connectivity index (χ3n) is 3.98. The molecule has 0 bridgehead atoms. The fourth-order valence-electron chi connectivity index (χ4n) is 2.77. The van der Waals surface area contributed by atoms with Gasteiger partial charge in [-0.25, -0.2) is 4.39 Å². The number of ether oxygens (including phenoxy) is 1. The molecule has 1 aliphatic rings. The van der Waals surface area contributed by atoms with E-state index in [2.05, 4.69) is 10.2 Å². The van der Waals surface area contributed by atoms with Crippen molar-refractivity contribution in [3.05, 3.63) is 60.2 Å². The number of hydrogen-bond acceptors (Lipinski definition) is 3. The molecule has 6 heteroatoms. The van der Waals surface area contributed by atoms with Crippen molar-refractivity contribution >= 4 is 24.8 Å². The number of nitrogens with zero attached hydrogens (tertiary/aromatic N) is 1.